The summed E-state index contributed by atoms with van der Waals surface area (Å²) in [7, 11) is 0. The van der Waals surface area contributed by atoms with Gasteiger partial charge in [-0.1, -0.05) is 41.9 Å². The van der Waals surface area contributed by atoms with Crippen molar-refractivity contribution >= 4 is 17.3 Å². The van der Waals surface area contributed by atoms with Gasteiger partial charge >= 0.3 is 0 Å². The van der Waals surface area contributed by atoms with Crippen LogP contribution in [0.25, 0.3) is 0 Å². The Morgan fingerprint density at radius 3 is 2.53 bits per heavy atom. The van der Waals surface area contributed by atoms with E-state index in [1.165, 1.54) is 6.07 Å². The van der Waals surface area contributed by atoms with E-state index in [1.54, 1.807) is 6.07 Å². The molecule has 0 heterocycles. The van der Waals surface area contributed by atoms with Gasteiger partial charge in [-0.2, -0.15) is 0 Å². The Balaban J connectivity index is 2.13. The Morgan fingerprint density at radius 2 is 1.82 bits per heavy atom. The van der Waals surface area contributed by atoms with Gasteiger partial charge in [0.25, 0.3) is 0 Å². The first-order chi connectivity index (χ1) is 8.18. The Bertz CT molecular complexity index is 516. The molecule has 0 aliphatic heterocycles. The SMILES string of the molecule is Nc1ccc(OCc2ccccc2)c(Cl)c1F. The van der Waals surface area contributed by atoms with Crippen LogP contribution in [0.2, 0.25) is 5.02 Å². The summed E-state index contributed by atoms with van der Waals surface area (Å²) in [6.45, 7) is 0.337. The van der Waals surface area contributed by atoms with Crippen molar-refractivity contribution in [1.82, 2.24) is 0 Å². The average molecular weight is 252 g/mol. The molecule has 2 nitrogen and oxygen atoms in total. The highest BCUT2D eigenvalue weighted by Gasteiger charge is 2.10. The molecule has 88 valence electrons. The molecule has 0 spiro atoms. The number of hydrogen-bond acceptors (Lipinski definition) is 2. The van der Waals surface area contributed by atoms with E-state index in [1.807, 2.05) is 30.3 Å². The predicted octanol–water partition coefficient (Wildman–Crippen LogP) is 3.64. The molecule has 4 heteroatoms. The number of nitrogen functional groups attached to an aromatic ring is 1. The lowest BCUT2D eigenvalue weighted by Crippen LogP contribution is -1.98. The molecular formula is C13H11ClFNO. The summed E-state index contributed by atoms with van der Waals surface area (Å²) in [6.07, 6.45) is 0. The fourth-order valence-corrected chi connectivity index (χ4v) is 1.62. The zero-order chi connectivity index (χ0) is 12.3. The van der Waals surface area contributed by atoms with Crippen molar-refractivity contribution in [3.63, 3.8) is 0 Å². The van der Waals surface area contributed by atoms with Crippen LogP contribution < -0.4 is 10.5 Å². The smallest absolute Gasteiger partial charge is 0.168 e. The average Bonchev–Trinajstić information content (AvgIpc) is 2.36. The van der Waals surface area contributed by atoms with Crippen LogP contribution in [0.15, 0.2) is 42.5 Å². The lowest BCUT2D eigenvalue weighted by Gasteiger charge is -2.09. The summed E-state index contributed by atoms with van der Waals surface area (Å²) in [5.74, 6) is -0.348. The third-order valence-electron chi connectivity index (χ3n) is 2.31. The third-order valence-corrected chi connectivity index (χ3v) is 2.67. The van der Waals surface area contributed by atoms with Crippen LogP contribution in [0.1, 0.15) is 5.56 Å². The number of benzene rings is 2. The van der Waals surface area contributed by atoms with Gasteiger partial charge < -0.3 is 10.5 Å². The van der Waals surface area contributed by atoms with E-state index in [2.05, 4.69) is 0 Å². The highest BCUT2D eigenvalue weighted by molar-refractivity contribution is 6.32. The minimum Gasteiger partial charge on any atom is -0.487 e. The van der Waals surface area contributed by atoms with Gasteiger partial charge in [0, 0.05) is 0 Å². The molecule has 0 amide bonds. The molecule has 2 N–H and O–H groups in total. The van der Waals surface area contributed by atoms with Crippen molar-refractivity contribution < 1.29 is 9.13 Å². The summed E-state index contributed by atoms with van der Waals surface area (Å²) >= 11 is 5.78. The molecule has 0 bridgehead atoms. The number of halogens is 2. The van der Waals surface area contributed by atoms with Crippen LogP contribution in [0.5, 0.6) is 5.75 Å². The van der Waals surface area contributed by atoms with Crippen LogP contribution in [-0.4, -0.2) is 0 Å². The second-order valence-corrected chi connectivity index (χ2v) is 3.93. The third kappa shape index (κ3) is 2.68. The van der Waals surface area contributed by atoms with Crippen LogP contribution in [0.4, 0.5) is 10.1 Å². The van der Waals surface area contributed by atoms with E-state index in [9.17, 15) is 4.39 Å². The fraction of sp³-hybridized carbons (Fsp3) is 0.0769. The monoisotopic (exact) mass is 251 g/mol. The molecule has 0 aliphatic rings. The number of nitrogens with two attached hydrogens (primary N) is 1. The van der Waals surface area contributed by atoms with Crippen molar-refractivity contribution in [2.45, 2.75) is 6.61 Å². The van der Waals surface area contributed by atoms with E-state index in [0.717, 1.165) is 5.56 Å². The van der Waals surface area contributed by atoms with Crippen molar-refractivity contribution in [1.29, 1.82) is 0 Å². The maximum Gasteiger partial charge on any atom is 0.168 e. The van der Waals surface area contributed by atoms with Gasteiger partial charge in [0.2, 0.25) is 0 Å². The second kappa shape index (κ2) is 5.06. The first kappa shape index (κ1) is 11.7. The molecule has 0 saturated carbocycles. The predicted molar refractivity (Wildman–Crippen MR) is 66.6 cm³/mol. The first-order valence-electron chi connectivity index (χ1n) is 5.08. The van der Waals surface area contributed by atoms with Crippen LogP contribution in [-0.2, 0) is 6.61 Å². The maximum absolute atomic E-state index is 13.4. The highest BCUT2D eigenvalue weighted by Crippen LogP contribution is 2.31. The molecule has 2 rings (SSSR count). The summed E-state index contributed by atoms with van der Waals surface area (Å²) < 4.78 is 18.8. The molecule has 0 aromatic heterocycles. The van der Waals surface area contributed by atoms with Gasteiger partial charge in [-0.15, -0.1) is 0 Å². The van der Waals surface area contributed by atoms with Gasteiger partial charge in [0.05, 0.1) is 5.69 Å². The zero-order valence-electron chi connectivity index (χ0n) is 8.99. The molecule has 2 aromatic rings. The summed E-state index contributed by atoms with van der Waals surface area (Å²) in [5, 5.41) is -0.0825. The number of rotatable bonds is 3. The molecule has 0 unspecified atom stereocenters. The van der Waals surface area contributed by atoms with E-state index < -0.39 is 5.82 Å². The number of anilines is 1. The summed E-state index contributed by atoms with van der Waals surface area (Å²) in [5.41, 5.74) is 6.38. The Morgan fingerprint density at radius 1 is 1.12 bits per heavy atom. The molecular weight excluding hydrogens is 241 g/mol. The van der Waals surface area contributed by atoms with Crippen molar-refractivity contribution in [3.05, 3.63) is 58.9 Å². The van der Waals surface area contributed by atoms with Crippen LogP contribution in [0.3, 0.4) is 0 Å². The second-order valence-electron chi connectivity index (χ2n) is 3.56. The molecule has 0 atom stereocenters. The maximum atomic E-state index is 13.4. The van der Waals surface area contributed by atoms with Crippen molar-refractivity contribution in [2.75, 3.05) is 5.73 Å². The van der Waals surface area contributed by atoms with Crippen molar-refractivity contribution in [3.8, 4) is 5.75 Å². The molecule has 0 radical (unpaired) electrons. The van der Waals surface area contributed by atoms with Gasteiger partial charge in [0.15, 0.2) is 5.82 Å². The summed E-state index contributed by atoms with van der Waals surface area (Å²) in [4.78, 5) is 0. The molecule has 0 fully saturated rings. The van der Waals surface area contributed by atoms with E-state index in [4.69, 9.17) is 22.1 Å². The Kier molecular flexibility index (Phi) is 3.49. The Hall–Kier alpha value is -1.74. The number of hydrogen-bond donors (Lipinski definition) is 1. The van der Waals surface area contributed by atoms with E-state index >= 15 is 0 Å². The first-order valence-corrected chi connectivity index (χ1v) is 5.46. The van der Waals surface area contributed by atoms with E-state index in [-0.39, 0.29) is 10.7 Å². The lowest BCUT2D eigenvalue weighted by molar-refractivity contribution is 0.305. The fourth-order valence-electron chi connectivity index (χ4n) is 1.39. The highest BCUT2D eigenvalue weighted by atomic mass is 35.5. The van der Waals surface area contributed by atoms with Crippen molar-refractivity contribution in [2.24, 2.45) is 0 Å². The van der Waals surface area contributed by atoms with Crippen LogP contribution in [0, 0.1) is 5.82 Å². The topological polar surface area (TPSA) is 35.2 Å². The molecule has 2 aromatic carbocycles. The minimum absolute atomic E-state index is 0.0158. The quantitative estimate of drug-likeness (QED) is 0.846. The van der Waals surface area contributed by atoms with E-state index in [0.29, 0.717) is 12.4 Å². The van der Waals surface area contributed by atoms with Gasteiger partial charge in [-0.05, 0) is 17.7 Å². The number of ether oxygens (including phenoxy) is 1. The molecule has 0 aliphatic carbocycles. The molecule has 0 saturated heterocycles. The normalized spacial score (nSPS) is 10.2. The summed E-state index contributed by atoms with van der Waals surface area (Å²) in [6, 6.07) is 12.6. The molecule has 17 heavy (non-hydrogen) atoms. The lowest BCUT2D eigenvalue weighted by atomic mass is 10.2. The van der Waals surface area contributed by atoms with Gasteiger partial charge in [0.1, 0.15) is 17.4 Å². The minimum atomic E-state index is -0.641. The van der Waals surface area contributed by atoms with Crippen LogP contribution >= 0.6 is 11.6 Å². The Labute approximate surface area is 104 Å². The zero-order valence-corrected chi connectivity index (χ0v) is 9.75. The van der Waals surface area contributed by atoms with Gasteiger partial charge in [-0.25, -0.2) is 4.39 Å². The standard InChI is InChI=1S/C13H11ClFNO/c14-12-11(7-6-10(16)13(12)15)17-8-9-4-2-1-3-5-9/h1-7H,8,16H2. The van der Waals surface area contributed by atoms with Gasteiger partial charge in [-0.3, -0.25) is 0 Å². The largest absolute Gasteiger partial charge is 0.487 e.